The molecular weight excluding hydrogens is 326 g/mol. The van der Waals surface area contributed by atoms with E-state index < -0.39 is 0 Å². The topological polar surface area (TPSA) is 52.7 Å². The summed E-state index contributed by atoms with van der Waals surface area (Å²) in [5.41, 5.74) is 0.925. The van der Waals surface area contributed by atoms with Gasteiger partial charge in [-0.05, 0) is 30.5 Å². The van der Waals surface area contributed by atoms with Crippen LogP contribution >= 0.6 is 11.6 Å². The molecule has 0 atom stereocenters. The van der Waals surface area contributed by atoms with Crippen LogP contribution in [0.4, 0.5) is 4.79 Å². The van der Waals surface area contributed by atoms with E-state index in [1.54, 1.807) is 6.07 Å². The van der Waals surface area contributed by atoms with Crippen LogP contribution in [0.3, 0.4) is 0 Å². The van der Waals surface area contributed by atoms with Crippen molar-refractivity contribution in [3.05, 3.63) is 34.9 Å². The van der Waals surface area contributed by atoms with Crippen LogP contribution in [-0.2, 0) is 11.2 Å². The molecule has 0 spiro atoms. The molecule has 0 aromatic heterocycles. The Morgan fingerprint density at radius 1 is 1.08 bits per heavy atom. The smallest absolute Gasteiger partial charge is 0.317 e. The first-order valence-electron chi connectivity index (χ1n) is 8.69. The molecule has 3 amide bonds. The monoisotopic (exact) mass is 349 g/mol. The molecule has 130 valence electrons. The average Bonchev–Trinajstić information content (AvgIpc) is 3.08. The maximum atomic E-state index is 12.4. The Kier molecular flexibility index (Phi) is 5.61. The third-order valence-electron chi connectivity index (χ3n) is 4.85. The van der Waals surface area contributed by atoms with Crippen molar-refractivity contribution in [3.63, 3.8) is 0 Å². The third-order valence-corrected chi connectivity index (χ3v) is 5.08. The van der Waals surface area contributed by atoms with E-state index in [1.807, 2.05) is 28.0 Å². The van der Waals surface area contributed by atoms with Crippen LogP contribution in [-0.4, -0.2) is 54.0 Å². The summed E-state index contributed by atoms with van der Waals surface area (Å²) >= 11 is 5.96. The molecular formula is C18H24ClN3O2. The molecule has 0 radical (unpaired) electrons. The number of carbonyl (C=O) groups excluding carboxylic acids is 2. The van der Waals surface area contributed by atoms with Gasteiger partial charge in [-0.3, -0.25) is 4.79 Å². The molecule has 6 heteroatoms. The maximum absolute atomic E-state index is 12.4. The lowest BCUT2D eigenvalue weighted by molar-refractivity contribution is -0.131. The minimum absolute atomic E-state index is 0.0174. The molecule has 24 heavy (non-hydrogen) atoms. The zero-order chi connectivity index (χ0) is 16.9. The number of carbonyl (C=O) groups is 2. The first kappa shape index (κ1) is 17.1. The molecule has 0 bridgehead atoms. The van der Waals surface area contributed by atoms with Gasteiger partial charge in [-0.25, -0.2) is 4.79 Å². The quantitative estimate of drug-likeness (QED) is 0.912. The molecule has 2 aliphatic rings. The van der Waals surface area contributed by atoms with E-state index in [0.717, 1.165) is 18.4 Å². The highest BCUT2D eigenvalue weighted by atomic mass is 35.5. The number of nitrogens with one attached hydrogen (secondary N) is 1. The Hall–Kier alpha value is -1.75. The summed E-state index contributed by atoms with van der Waals surface area (Å²) in [4.78, 5) is 28.3. The van der Waals surface area contributed by atoms with E-state index in [2.05, 4.69) is 5.32 Å². The lowest BCUT2D eigenvalue weighted by Crippen LogP contribution is -2.54. The number of nitrogens with zero attached hydrogens (tertiary/aromatic N) is 2. The Balaban J connectivity index is 1.45. The summed E-state index contributed by atoms with van der Waals surface area (Å²) in [6.45, 7) is 2.38. The Bertz CT molecular complexity index is 594. The molecule has 1 saturated carbocycles. The molecule has 2 fully saturated rings. The van der Waals surface area contributed by atoms with Crippen molar-refractivity contribution >= 4 is 23.5 Å². The number of hydrogen-bond acceptors (Lipinski definition) is 2. The summed E-state index contributed by atoms with van der Waals surface area (Å²) in [5.74, 6) is 0.0908. The first-order valence-corrected chi connectivity index (χ1v) is 9.07. The average molecular weight is 350 g/mol. The van der Waals surface area contributed by atoms with Crippen molar-refractivity contribution in [2.24, 2.45) is 0 Å². The number of piperazine rings is 1. The minimum atomic E-state index is 0.0174. The Morgan fingerprint density at radius 2 is 1.75 bits per heavy atom. The molecule has 1 heterocycles. The summed E-state index contributed by atoms with van der Waals surface area (Å²) < 4.78 is 0. The van der Waals surface area contributed by atoms with Crippen LogP contribution in [0.25, 0.3) is 0 Å². The van der Waals surface area contributed by atoms with Gasteiger partial charge in [-0.2, -0.15) is 0 Å². The van der Waals surface area contributed by atoms with E-state index in [0.29, 0.717) is 43.7 Å². The molecule has 1 N–H and O–H groups in total. The third kappa shape index (κ3) is 4.41. The van der Waals surface area contributed by atoms with Crippen LogP contribution < -0.4 is 5.32 Å². The molecule has 1 aliphatic carbocycles. The second-order valence-electron chi connectivity index (χ2n) is 6.61. The predicted octanol–water partition coefficient (Wildman–Crippen LogP) is 2.68. The minimum Gasteiger partial charge on any atom is -0.339 e. The van der Waals surface area contributed by atoms with Crippen molar-refractivity contribution in [2.45, 2.75) is 38.1 Å². The Labute approximate surface area is 147 Å². The van der Waals surface area contributed by atoms with Gasteiger partial charge in [0.2, 0.25) is 5.91 Å². The zero-order valence-electron chi connectivity index (χ0n) is 13.8. The van der Waals surface area contributed by atoms with E-state index in [-0.39, 0.29) is 11.9 Å². The lowest BCUT2D eigenvalue weighted by Gasteiger charge is -2.35. The van der Waals surface area contributed by atoms with Gasteiger partial charge in [-0.15, -0.1) is 0 Å². The van der Waals surface area contributed by atoms with Crippen LogP contribution in [0.15, 0.2) is 24.3 Å². The molecule has 1 aromatic rings. The van der Waals surface area contributed by atoms with Gasteiger partial charge in [0, 0.05) is 37.2 Å². The highest BCUT2D eigenvalue weighted by Crippen LogP contribution is 2.18. The standard InChI is InChI=1S/C18H24ClN3O2/c19-15-5-3-4-14(12-15)13-17(23)21-8-10-22(11-9-21)18(24)20-16-6-1-2-7-16/h3-5,12,16H,1-2,6-11,13H2,(H,20,24). The van der Waals surface area contributed by atoms with Gasteiger partial charge in [0.15, 0.2) is 0 Å². The fourth-order valence-electron chi connectivity index (χ4n) is 3.43. The van der Waals surface area contributed by atoms with Gasteiger partial charge in [0.25, 0.3) is 0 Å². The summed E-state index contributed by atoms with van der Waals surface area (Å²) in [7, 11) is 0. The van der Waals surface area contributed by atoms with Crippen molar-refractivity contribution in [1.29, 1.82) is 0 Å². The maximum Gasteiger partial charge on any atom is 0.317 e. The van der Waals surface area contributed by atoms with Crippen LogP contribution in [0.2, 0.25) is 5.02 Å². The van der Waals surface area contributed by atoms with Gasteiger partial charge < -0.3 is 15.1 Å². The predicted molar refractivity (Wildman–Crippen MR) is 94.1 cm³/mol. The molecule has 1 saturated heterocycles. The zero-order valence-corrected chi connectivity index (χ0v) is 14.6. The molecule has 5 nitrogen and oxygen atoms in total. The van der Waals surface area contributed by atoms with Gasteiger partial charge in [0.1, 0.15) is 0 Å². The van der Waals surface area contributed by atoms with Gasteiger partial charge >= 0.3 is 6.03 Å². The lowest BCUT2D eigenvalue weighted by atomic mass is 10.1. The molecule has 3 rings (SSSR count). The number of hydrogen-bond donors (Lipinski definition) is 1. The molecule has 0 unspecified atom stereocenters. The van der Waals surface area contributed by atoms with Crippen molar-refractivity contribution in [2.75, 3.05) is 26.2 Å². The van der Waals surface area contributed by atoms with Crippen molar-refractivity contribution < 1.29 is 9.59 Å². The van der Waals surface area contributed by atoms with E-state index in [4.69, 9.17) is 11.6 Å². The van der Waals surface area contributed by atoms with Gasteiger partial charge in [-0.1, -0.05) is 36.6 Å². The number of halogens is 1. The summed E-state index contributed by atoms with van der Waals surface area (Å²) in [6.07, 6.45) is 4.94. The second kappa shape index (κ2) is 7.88. The van der Waals surface area contributed by atoms with Crippen LogP contribution in [0.5, 0.6) is 0 Å². The summed E-state index contributed by atoms with van der Waals surface area (Å²) in [5, 5.41) is 3.75. The molecule has 1 aromatic carbocycles. The van der Waals surface area contributed by atoms with Crippen molar-refractivity contribution in [3.8, 4) is 0 Å². The second-order valence-corrected chi connectivity index (χ2v) is 7.04. The Morgan fingerprint density at radius 3 is 2.42 bits per heavy atom. The van der Waals surface area contributed by atoms with E-state index in [1.165, 1.54) is 12.8 Å². The number of amides is 3. The number of urea groups is 1. The largest absolute Gasteiger partial charge is 0.339 e. The SMILES string of the molecule is O=C(Cc1cccc(Cl)c1)N1CCN(C(=O)NC2CCCC2)CC1. The first-order chi connectivity index (χ1) is 11.6. The number of rotatable bonds is 3. The van der Waals surface area contributed by atoms with Crippen LogP contribution in [0.1, 0.15) is 31.2 Å². The normalized spacial score (nSPS) is 18.7. The highest BCUT2D eigenvalue weighted by molar-refractivity contribution is 6.30. The van der Waals surface area contributed by atoms with Crippen LogP contribution in [0, 0.1) is 0 Å². The van der Waals surface area contributed by atoms with E-state index in [9.17, 15) is 9.59 Å². The summed E-state index contributed by atoms with van der Waals surface area (Å²) in [6, 6.07) is 7.75. The fourth-order valence-corrected chi connectivity index (χ4v) is 3.64. The highest BCUT2D eigenvalue weighted by Gasteiger charge is 2.26. The number of benzene rings is 1. The molecule has 1 aliphatic heterocycles. The van der Waals surface area contributed by atoms with E-state index >= 15 is 0 Å². The van der Waals surface area contributed by atoms with Gasteiger partial charge in [0.05, 0.1) is 6.42 Å². The fraction of sp³-hybridized carbons (Fsp3) is 0.556. The van der Waals surface area contributed by atoms with Crippen molar-refractivity contribution in [1.82, 2.24) is 15.1 Å².